The lowest BCUT2D eigenvalue weighted by molar-refractivity contribution is 0.0294. The highest BCUT2D eigenvalue weighted by atomic mass is 16.5. The number of rotatable bonds is 4. The summed E-state index contributed by atoms with van der Waals surface area (Å²) >= 11 is 0. The Kier molecular flexibility index (Phi) is 2.86. The lowest BCUT2D eigenvalue weighted by atomic mass is 10.1. The fraction of sp³-hybridized carbons (Fsp3) is 0.471. The predicted molar refractivity (Wildman–Crippen MR) is 77.6 cm³/mol. The Morgan fingerprint density at radius 3 is 2.45 bits per heavy atom. The Morgan fingerprint density at radius 1 is 1.14 bits per heavy atom. The van der Waals surface area contributed by atoms with Crippen LogP contribution in [0.15, 0.2) is 18.2 Å². The number of hydrogen-bond donors (Lipinski definition) is 0. The normalized spacial score (nSPS) is 21.8. The average Bonchev–Trinajstić information content (AvgIpc) is 3.37. The number of ether oxygens (including phenoxy) is 1. The molecule has 2 fully saturated rings. The van der Waals surface area contributed by atoms with Gasteiger partial charge >= 0.3 is 5.97 Å². The number of hydrogen-bond acceptors (Lipinski definition) is 4. The third-order valence-electron chi connectivity index (χ3n) is 4.64. The molecule has 2 saturated carbocycles. The van der Waals surface area contributed by atoms with Crippen LogP contribution in [-0.2, 0) is 4.74 Å². The van der Waals surface area contributed by atoms with Gasteiger partial charge in [0.2, 0.25) is 0 Å². The van der Waals surface area contributed by atoms with Crippen LogP contribution in [0, 0.1) is 5.92 Å². The number of carbonyl (C=O) groups is 3. The van der Waals surface area contributed by atoms with Crippen molar-refractivity contribution >= 4 is 17.8 Å². The summed E-state index contributed by atoms with van der Waals surface area (Å²) < 4.78 is 5.42. The van der Waals surface area contributed by atoms with E-state index in [9.17, 15) is 14.4 Å². The number of fused-ring (bicyclic) bond motifs is 1. The second-order valence-corrected chi connectivity index (χ2v) is 6.42. The second-order valence-electron chi connectivity index (χ2n) is 6.42. The summed E-state index contributed by atoms with van der Waals surface area (Å²) in [5.74, 6) is -0.486. The Labute approximate surface area is 128 Å². The first-order valence-electron chi connectivity index (χ1n) is 7.79. The van der Waals surface area contributed by atoms with Gasteiger partial charge in [-0.1, -0.05) is 0 Å². The molecule has 2 amide bonds. The number of imide groups is 1. The number of nitrogens with zero attached hydrogens (tertiary/aromatic N) is 1. The van der Waals surface area contributed by atoms with Crippen molar-refractivity contribution in [3.8, 4) is 0 Å². The van der Waals surface area contributed by atoms with Crippen LogP contribution in [-0.4, -0.2) is 34.8 Å². The van der Waals surface area contributed by atoms with Gasteiger partial charge < -0.3 is 4.74 Å². The van der Waals surface area contributed by atoms with Crippen molar-refractivity contribution < 1.29 is 19.1 Å². The van der Waals surface area contributed by atoms with Crippen LogP contribution in [0.1, 0.15) is 63.7 Å². The molecule has 22 heavy (non-hydrogen) atoms. The SMILES string of the molecule is C[C@H](OC(=O)c1ccc2c(c1)C(=O)N(C1CC1)C2=O)C1CC1. The maximum atomic E-state index is 12.4. The molecule has 1 atom stereocenters. The lowest BCUT2D eigenvalue weighted by Crippen LogP contribution is -2.31. The van der Waals surface area contributed by atoms with E-state index in [1.165, 1.54) is 11.0 Å². The molecule has 1 aromatic carbocycles. The number of amides is 2. The summed E-state index contributed by atoms with van der Waals surface area (Å²) in [5, 5.41) is 0. The van der Waals surface area contributed by atoms with E-state index in [0.29, 0.717) is 22.6 Å². The van der Waals surface area contributed by atoms with Crippen molar-refractivity contribution in [1.82, 2.24) is 4.90 Å². The molecule has 2 aliphatic carbocycles. The topological polar surface area (TPSA) is 63.7 Å². The molecule has 1 heterocycles. The molecule has 0 unspecified atom stereocenters. The van der Waals surface area contributed by atoms with Gasteiger partial charge in [0, 0.05) is 6.04 Å². The van der Waals surface area contributed by atoms with E-state index in [1.807, 2.05) is 6.92 Å². The van der Waals surface area contributed by atoms with Gasteiger partial charge in [-0.2, -0.15) is 0 Å². The summed E-state index contributed by atoms with van der Waals surface area (Å²) in [5.41, 5.74) is 1.05. The van der Waals surface area contributed by atoms with Gasteiger partial charge in [-0.15, -0.1) is 0 Å². The Hall–Kier alpha value is -2.17. The largest absolute Gasteiger partial charge is 0.459 e. The first-order valence-corrected chi connectivity index (χ1v) is 7.79. The zero-order valence-electron chi connectivity index (χ0n) is 12.4. The molecule has 0 aromatic heterocycles. The zero-order valence-corrected chi connectivity index (χ0v) is 12.4. The number of benzene rings is 1. The van der Waals surface area contributed by atoms with Crippen molar-refractivity contribution in [3.63, 3.8) is 0 Å². The van der Waals surface area contributed by atoms with Crippen LogP contribution < -0.4 is 0 Å². The van der Waals surface area contributed by atoms with E-state index < -0.39 is 5.97 Å². The molecule has 1 aliphatic heterocycles. The zero-order chi connectivity index (χ0) is 15.4. The minimum atomic E-state index is -0.424. The van der Waals surface area contributed by atoms with E-state index in [1.54, 1.807) is 12.1 Å². The quantitative estimate of drug-likeness (QED) is 0.632. The van der Waals surface area contributed by atoms with Crippen molar-refractivity contribution in [2.24, 2.45) is 5.92 Å². The van der Waals surface area contributed by atoms with Crippen molar-refractivity contribution in [3.05, 3.63) is 34.9 Å². The second kappa shape index (κ2) is 4.66. The standard InChI is InChI=1S/C17H17NO4/c1-9(10-2-3-10)22-17(21)11-4-7-13-14(8-11)16(20)18(15(13)19)12-5-6-12/h4,7-10,12H,2-3,5-6H2,1H3/t9-/m0/s1. The van der Waals surface area contributed by atoms with Crippen molar-refractivity contribution in [2.75, 3.05) is 0 Å². The van der Waals surface area contributed by atoms with Crippen LogP contribution in [0.5, 0.6) is 0 Å². The van der Waals surface area contributed by atoms with E-state index in [2.05, 4.69) is 0 Å². The molecule has 0 saturated heterocycles. The molecule has 5 nitrogen and oxygen atoms in total. The van der Waals surface area contributed by atoms with Crippen LogP contribution in [0.2, 0.25) is 0 Å². The lowest BCUT2D eigenvalue weighted by Gasteiger charge is -2.12. The summed E-state index contributed by atoms with van der Waals surface area (Å²) in [6, 6.07) is 4.68. The van der Waals surface area contributed by atoms with Gasteiger partial charge in [-0.25, -0.2) is 4.79 Å². The van der Waals surface area contributed by atoms with Gasteiger partial charge in [0.25, 0.3) is 11.8 Å². The summed E-state index contributed by atoms with van der Waals surface area (Å²) in [6.07, 6.45) is 3.85. The van der Waals surface area contributed by atoms with E-state index >= 15 is 0 Å². The monoisotopic (exact) mass is 299 g/mol. The molecule has 0 N–H and O–H groups in total. The van der Waals surface area contributed by atoms with Crippen molar-refractivity contribution in [1.29, 1.82) is 0 Å². The first-order chi connectivity index (χ1) is 10.6. The summed E-state index contributed by atoms with van der Waals surface area (Å²) in [4.78, 5) is 38.1. The van der Waals surface area contributed by atoms with E-state index in [4.69, 9.17) is 4.74 Å². The molecule has 3 aliphatic rings. The summed E-state index contributed by atoms with van der Waals surface area (Å²) in [6.45, 7) is 1.90. The van der Waals surface area contributed by atoms with Crippen LogP contribution in [0.3, 0.4) is 0 Å². The third-order valence-corrected chi connectivity index (χ3v) is 4.64. The van der Waals surface area contributed by atoms with Gasteiger partial charge in [0.05, 0.1) is 16.7 Å². The molecule has 5 heteroatoms. The molecule has 0 spiro atoms. The Bertz CT molecular complexity index is 688. The maximum absolute atomic E-state index is 12.4. The Morgan fingerprint density at radius 2 is 1.82 bits per heavy atom. The van der Waals surface area contributed by atoms with Gasteiger partial charge in [0.1, 0.15) is 6.10 Å². The average molecular weight is 299 g/mol. The first kappa shape index (κ1) is 13.5. The smallest absolute Gasteiger partial charge is 0.338 e. The van der Waals surface area contributed by atoms with E-state index in [-0.39, 0.29) is 24.0 Å². The van der Waals surface area contributed by atoms with E-state index in [0.717, 1.165) is 25.7 Å². The molecule has 114 valence electrons. The highest BCUT2D eigenvalue weighted by Crippen LogP contribution is 2.36. The maximum Gasteiger partial charge on any atom is 0.338 e. The van der Waals surface area contributed by atoms with Crippen molar-refractivity contribution in [2.45, 2.75) is 44.8 Å². The molecule has 1 aromatic rings. The predicted octanol–water partition coefficient (Wildman–Crippen LogP) is 2.40. The Balaban J connectivity index is 1.58. The number of carbonyl (C=O) groups excluding carboxylic acids is 3. The van der Waals surface area contributed by atoms with Crippen LogP contribution in [0.25, 0.3) is 0 Å². The minimum Gasteiger partial charge on any atom is -0.459 e. The molecule has 0 bridgehead atoms. The molecule has 4 rings (SSSR count). The highest BCUT2D eigenvalue weighted by Gasteiger charge is 2.44. The highest BCUT2D eigenvalue weighted by molar-refractivity contribution is 6.22. The minimum absolute atomic E-state index is 0.0395. The van der Waals surface area contributed by atoms with Crippen LogP contribution >= 0.6 is 0 Å². The third kappa shape index (κ3) is 2.12. The number of esters is 1. The fourth-order valence-corrected chi connectivity index (χ4v) is 2.95. The molecular formula is C17H17NO4. The van der Waals surface area contributed by atoms with Gasteiger partial charge in [-0.05, 0) is 56.7 Å². The molecule has 0 radical (unpaired) electrons. The summed E-state index contributed by atoms with van der Waals surface area (Å²) in [7, 11) is 0. The fourth-order valence-electron chi connectivity index (χ4n) is 2.95. The van der Waals surface area contributed by atoms with Gasteiger partial charge in [0.15, 0.2) is 0 Å². The molecular weight excluding hydrogens is 282 g/mol. The van der Waals surface area contributed by atoms with Gasteiger partial charge in [-0.3, -0.25) is 14.5 Å². The van der Waals surface area contributed by atoms with Crippen LogP contribution in [0.4, 0.5) is 0 Å².